The predicted octanol–water partition coefficient (Wildman–Crippen LogP) is 2.34. The van der Waals surface area contributed by atoms with Gasteiger partial charge in [0.2, 0.25) is 0 Å². The molecule has 4 aromatic rings. The molecule has 0 saturated carbocycles. The summed E-state index contributed by atoms with van der Waals surface area (Å²) in [4.78, 5) is 33.1. The molecule has 11 heteroatoms. The minimum Gasteiger partial charge on any atom is -0.378 e. The fourth-order valence-electron chi connectivity index (χ4n) is 5.33. The molecule has 6 rings (SSSR count). The van der Waals surface area contributed by atoms with Crippen molar-refractivity contribution in [3.05, 3.63) is 96.3 Å². The number of hydrogen-bond acceptors (Lipinski definition) is 8. The highest BCUT2D eigenvalue weighted by Crippen LogP contribution is 2.27. The fraction of sp³-hybridized carbons (Fsp3) is 0.290. The largest absolute Gasteiger partial charge is 0.378 e. The number of ether oxygens (including phenoxy) is 3. The van der Waals surface area contributed by atoms with Crippen LogP contribution in [0.3, 0.4) is 0 Å². The molecule has 4 heterocycles. The van der Waals surface area contributed by atoms with Crippen molar-refractivity contribution in [2.24, 2.45) is 5.73 Å². The molecule has 2 aliphatic heterocycles. The number of primary amides is 1. The van der Waals surface area contributed by atoms with Gasteiger partial charge in [0.05, 0.1) is 43.7 Å². The lowest BCUT2D eigenvalue weighted by atomic mass is 9.97. The van der Waals surface area contributed by atoms with Gasteiger partial charge >= 0.3 is 0 Å². The summed E-state index contributed by atoms with van der Waals surface area (Å²) in [6, 6.07) is 22.0. The topological polar surface area (TPSA) is 134 Å². The number of rotatable bonds is 9. The number of carbonyl (C=O) groups is 2. The van der Waals surface area contributed by atoms with Crippen molar-refractivity contribution < 1.29 is 23.8 Å². The van der Waals surface area contributed by atoms with Crippen LogP contribution in [0.15, 0.2) is 85.2 Å². The van der Waals surface area contributed by atoms with E-state index in [9.17, 15) is 9.59 Å². The number of amides is 2. The number of aromatic nitrogens is 3. The van der Waals surface area contributed by atoms with Gasteiger partial charge in [-0.15, -0.1) is 0 Å². The second-order valence-electron chi connectivity index (χ2n) is 10.1. The first-order valence-electron chi connectivity index (χ1n) is 13.9. The number of carbonyl (C=O) groups excluding carboxylic acids is 2. The van der Waals surface area contributed by atoms with Gasteiger partial charge in [-0.25, -0.2) is 9.67 Å². The highest BCUT2D eigenvalue weighted by atomic mass is 16.7. The molecular formula is C31H32N6O5. The number of benzene rings is 2. The summed E-state index contributed by atoms with van der Waals surface area (Å²) in [7, 11) is 0. The van der Waals surface area contributed by atoms with E-state index < -0.39 is 23.6 Å². The van der Waals surface area contributed by atoms with Crippen LogP contribution in [-0.2, 0) is 25.4 Å². The molecule has 1 atom stereocenters. The SMILES string of the molecule is NC(=O)C1(C(Cc2ccccc2)NC(=O)c2cccnc2-n2ccc(-c3ccc(N4CCOCC4)cc3)n2)OCCO1. The van der Waals surface area contributed by atoms with Crippen LogP contribution >= 0.6 is 0 Å². The van der Waals surface area contributed by atoms with E-state index in [0.29, 0.717) is 5.82 Å². The van der Waals surface area contributed by atoms with Gasteiger partial charge in [0.15, 0.2) is 5.82 Å². The average molecular weight is 569 g/mol. The highest BCUT2D eigenvalue weighted by Gasteiger charge is 2.51. The third kappa shape index (κ3) is 5.62. The molecule has 2 saturated heterocycles. The average Bonchev–Trinajstić information content (AvgIpc) is 3.74. The summed E-state index contributed by atoms with van der Waals surface area (Å²) >= 11 is 0. The van der Waals surface area contributed by atoms with E-state index in [4.69, 9.17) is 25.0 Å². The third-order valence-corrected chi connectivity index (χ3v) is 7.48. The Balaban J connectivity index is 1.25. The van der Waals surface area contributed by atoms with Crippen molar-refractivity contribution in [2.75, 3.05) is 44.4 Å². The summed E-state index contributed by atoms with van der Waals surface area (Å²) in [5.41, 5.74) is 9.72. The van der Waals surface area contributed by atoms with Crippen LogP contribution in [0.4, 0.5) is 5.69 Å². The molecular weight excluding hydrogens is 536 g/mol. The summed E-state index contributed by atoms with van der Waals surface area (Å²) < 4.78 is 18.5. The maximum Gasteiger partial charge on any atom is 0.280 e. The quantitative estimate of drug-likeness (QED) is 0.314. The first-order chi connectivity index (χ1) is 20.5. The molecule has 2 amide bonds. The molecule has 11 nitrogen and oxygen atoms in total. The molecule has 0 bridgehead atoms. The van der Waals surface area contributed by atoms with Crippen molar-refractivity contribution >= 4 is 17.5 Å². The molecule has 2 fully saturated rings. The van der Waals surface area contributed by atoms with E-state index in [2.05, 4.69) is 27.3 Å². The van der Waals surface area contributed by atoms with Gasteiger partial charge in [-0.1, -0.05) is 42.5 Å². The van der Waals surface area contributed by atoms with Crippen molar-refractivity contribution in [3.8, 4) is 17.1 Å². The summed E-state index contributed by atoms with van der Waals surface area (Å²) in [6.45, 7) is 3.55. The molecule has 216 valence electrons. The monoisotopic (exact) mass is 568 g/mol. The normalized spacial score (nSPS) is 17.1. The Labute approximate surface area is 243 Å². The Morgan fingerprint density at radius 3 is 2.38 bits per heavy atom. The van der Waals surface area contributed by atoms with Gasteiger partial charge in [-0.2, -0.15) is 5.10 Å². The van der Waals surface area contributed by atoms with Gasteiger partial charge in [-0.3, -0.25) is 9.59 Å². The van der Waals surface area contributed by atoms with Crippen molar-refractivity contribution in [3.63, 3.8) is 0 Å². The number of nitrogens with zero attached hydrogens (tertiary/aromatic N) is 4. The van der Waals surface area contributed by atoms with Crippen LogP contribution < -0.4 is 16.0 Å². The van der Waals surface area contributed by atoms with Crippen LogP contribution in [-0.4, -0.2) is 77.9 Å². The Bertz CT molecular complexity index is 1530. The minimum absolute atomic E-state index is 0.186. The van der Waals surface area contributed by atoms with E-state index in [1.54, 1.807) is 29.2 Å². The van der Waals surface area contributed by atoms with Crippen LogP contribution in [0, 0.1) is 0 Å². The van der Waals surface area contributed by atoms with Crippen LogP contribution in [0.5, 0.6) is 0 Å². The number of nitrogens with two attached hydrogens (primary N) is 1. The molecule has 2 aromatic heterocycles. The predicted molar refractivity (Wildman–Crippen MR) is 155 cm³/mol. The smallest absolute Gasteiger partial charge is 0.280 e. The van der Waals surface area contributed by atoms with Gasteiger partial charge in [0, 0.05) is 36.7 Å². The van der Waals surface area contributed by atoms with Crippen LogP contribution in [0.1, 0.15) is 15.9 Å². The standard InChI is InChI=1S/C31H32N6O5/c32-30(39)31(41-19-20-42-31)27(21-22-5-2-1-3-6-22)34-29(38)25-7-4-13-33-28(25)37-14-12-26(35-37)23-8-10-24(11-9-23)36-15-17-40-18-16-36/h1-14,27H,15-21H2,(H2,32,39)(H,34,38). The number of hydrogen-bond donors (Lipinski definition) is 2. The summed E-state index contributed by atoms with van der Waals surface area (Å²) in [5.74, 6) is -2.72. The minimum atomic E-state index is -1.79. The number of pyridine rings is 1. The first kappa shape index (κ1) is 27.6. The Morgan fingerprint density at radius 1 is 0.929 bits per heavy atom. The Morgan fingerprint density at radius 2 is 1.67 bits per heavy atom. The fourth-order valence-corrected chi connectivity index (χ4v) is 5.33. The zero-order chi connectivity index (χ0) is 28.9. The summed E-state index contributed by atoms with van der Waals surface area (Å²) in [5, 5.41) is 7.67. The third-order valence-electron chi connectivity index (χ3n) is 7.48. The zero-order valence-electron chi connectivity index (χ0n) is 23.0. The van der Waals surface area contributed by atoms with Gasteiger partial charge < -0.3 is 30.2 Å². The van der Waals surface area contributed by atoms with Crippen LogP contribution in [0.2, 0.25) is 0 Å². The summed E-state index contributed by atoms with van der Waals surface area (Å²) in [6.07, 6.45) is 3.62. The van der Waals surface area contributed by atoms with E-state index in [0.717, 1.165) is 48.8 Å². The molecule has 1 unspecified atom stereocenters. The number of nitrogens with one attached hydrogen (secondary N) is 1. The van der Waals surface area contributed by atoms with E-state index in [1.807, 2.05) is 48.5 Å². The molecule has 0 aliphatic carbocycles. The molecule has 2 aliphatic rings. The molecule has 0 radical (unpaired) electrons. The maximum atomic E-state index is 13.8. The van der Waals surface area contributed by atoms with Gasteiger partial charge in [0.1, 0.15) is 0 Å². The molecule has 3 N–H and O–H groups in total. The Hall–Kier alpha value is -4.58. The van der Waals surface area contributed by atoms with Crippen molar-refractivity contribution in [1.29, 1.82) is 0 Å². The first-order valence-corrected chi connectivity index (χ1v) is 13.9. The lowest BCUT2D eigenvalue weighted by molar-refractivity contribution is -0.189. The maximum absolute atomic E-state index is 13.8. The Kier molecular flexibility index (Phi) is 7.95. The second-order valence-corrected chi connectivity index (χ2v) is 10.1. The lowest BCUT2D eigenvalue weighted by Crippen LogP contribution is -2.61. The van der Waals surface area contributed by atoms with E-state index >= 15 is 0 Å². The lowest BCUT2D eigenvalue weighted by Gasteiger charge is -2.33. The zero-order valence-corrected chi connectivity index (χ0v) is 23.0. The van der Waals surface area contributed by atoms with Crippen molar-refractivity contribution in [1.82, 2.24) is 20.1 Å². The van der Waals surface area contributed by atoms with Gasteiger partial charge in [0.25, 0.3) is 17.6 Å². The van der Waals surface area contributed by atoms with Gasteiger partial charge in [-0.05, 0) is 42.3 Å². The molecule has 42 heavy (non-hydrogen) atoms. The number of morpholine rings is 1. The molecule has 2 aromatic carbocycles. The van der Waals surface area contributed by atoms with E-state index in [1.165, 1.54) is 0 Å². The van der Waals surface area contributed by atoms with Crippen molar-refractivity contribution in [2.45, 2.75) is 18.2 Å². The van der Waals surface area contributed by atoms with E-state index in [-0.39, 0.29) is 25.2 Å². The van der Waals surface area contributed by atoms with Crippen LogP contribution in [0.25, 0.3) is 17.1 Å². The highest BCUT2D eigenvalue weighted by molar-refractivity contribution is 5.98. The number of anilines is 1. The second kappa shape index (κ2) is 12.1. The molecule has 0 spiro atoms.